The van der Waals surface area contributed by atoms with E-state index in [9.17, 15) is 14.7 Å². The van der Waals surface area contributed by atoms with Crippen molar-refractivity contribution in [2.45, 2.75) is 45.1 Å². The number of aromatic hydroxyl groups is 1. The van der Waals surface area contributed by atoms with Crippen LogP contribution in [0.5, 0.6) is 5.75 Å². The van der Waals surface area contributed by atoms with Crippen LogP contribution < -0.4 is 5.32 Å². The normalized spacial score (nSPS) is 14.2. The summed E-state index contributed by atoms with van der Waals surface area (Å²) in [6, 6.07) is 10.9. The molecule has 1 heterocycles. The predicted octanol–water partition coefficient (Wildman–Crippen LogP) is 3.98. The largest absolute Gasteiger partial charge is 0.508 e. The van der Waals surface area contributed by atoms with Crippen molar-refractivity contribution in [3.8, 4) is 5.75 Å². The standard InChI is InChI=1S/C24H25NO5/c1-15(17-7-6-16-4-2-3-5-18(16)10-17)25-23(27)14-30-24(28)11-19-13-29-22-12-20(26)8-9-21(19)22/h6-10,12-13,15,26H,2-5,11,14H2,1H3,(H,25,27)/t15-/m1/s1. The summed E-state index contributed by atoms with van der Waals surface area (Å²) < 4.78 is 10.5. The first-order valence-electron chi connectivity index (χ1n) is 10.3. The number of aryl methyl sites for hydroxylation is 2. The van der Waals surface area contributed by atoms with Crippen LogP contribution in [-0.4, -0.2) is 23.6 Å². The van der Waals surface area contributed by atoms with E-state index in [0.29, 0.717) is 11.1 Å². The van der Waals surface area contributed by atoms with Crippen LogP contribution in [0.15, 0.2) is 47.1 Å². The van der Waals surface area contributed by atoms with Gasteiger partial charge in [0.25, 0.3) is 5.91 Å². The highest BCUT2D eigenvalue weighted by Gasteiger charge is 2.16. The fourth-order valence-electron chi connectivity index (χ4n) is 3.95. The molecule has 156 valence electrons. The van der Waals surface area contributed by atoms with Crippen LogP contribution in [0, 0.1) is 0 Å². The molecule has 1 amide bonds. The van der Waals surface area contributed by atoms with E-state index in [1.165, 1.54) is 42.4 Å². The molecule has 0 aliphatic heterocycles. The Hall–Kier alpha value is -3.28. The first kappa shape index (κ1) is 20.0. The van der Waals surface area contributed by atoms with E-state index >= 15 is 0 Å². The van der Waals surface area contributed by atoms with Crippen molar-refractivity contribution in [2.75, 3.05) is 6.61 Å². The van der Waals surface area contributed by atoms with E-state index in [4.69, 9.17) is 9.15 Å². The van der Waals surface area contributed by atoms with Gasteiger partial charge in [-0.2, -0.15) is 0 Å². The molecule has 1 atom stereocenters. The van der Waals surface area contributed by atoms with Crippen LogP contribution in [0.2, 0.25) is 0 Å². The molecule has 0 unspecified atom stereocenters. The summed E-state index contributed by atoms with van der Waals surface area (Å²) in [5.74, 6) is -0.756. The molecule has 6 heteroatoms. The van der Waals surface area contributed by atoms with E-state index < -0.39 is 5.97 Å². The number of esters is 1. The first-order chi connectivity index (χ1) is 14.5. The number of carbonyl (C=O) groups excluding carboxylic acids is 2. The number of ether oxygens (including phenoxy) is 1. The highest BCUT2D eigenvalue weighted by molar-refractivity contribution is 5.87. The number of phenols is 1. The number of rotatable bonds is 6. The average molecular weight is 407 g/mol. The van der Waals surface area contributed by atoms with E-state index in [1.807, 2.05) is 6.92 Å². The first-order valence-corrected chi connectivity index (χ1v) is 10.3. The monoisotopic (exact) mass is 407 g/mol. The molecule has 1 aliphatic rings. The van der Waals surface area contributed by atoms with Crippen LogP contribution in [0.1, 0.15) is 48.1 Å². The lowest BCUT2D eigenvalue weighted by Gasteiger charge is -2.20. The molecule has 2 aromatic carbocycles. The number of amides is 1. The predicted molar refractivity (Wildman–Crippen MR) is 112 cm³/mol. The van der Waals surface area contributed by atoms with Crippen molar-refractivity contribution in [3.63, 3.8) is 0 Å². The van der Waals surface area contributed by atoms with Gasteiger partial charge >= 0.3 is 5.97 Å². The van der Waals surface area contributed by atoms with E-state index in [0.717, 1.165) is 23.8 Å². The minimum Gasteiger partial charge on any atom is -0.508 e. The topological polar surface area (TPSA) is 88.8 Å². The Bertz CT molecular complexity index is 1080. The third-order valence-corrected chi connectivity index (χ3v) is 5.59. The highest BCUT2D eigenvalue weighted by atomic mass is 16.5. The van der Waals surface area contributed by atoms with Crippen molar-refractivity contribution < 1.29 is 23.8 Å². The van der Waals surface area contributed by atoms with Gasteiger partial charge in [-0.3, -0.25) is 9.59 Å². The smallest absolute Gasteiger partial charge is 0.310 e. The average Bonchev–Trinajstić information content (AvgIpc) is 3.13. The minimum absolute atomic E-state index is 0.00850. The van der Waals surface area contributed by atoms with Crippen molar-refractivity contribution in [1.29, 1.82) is 0 Å². The molecular weight excluding hydrogens is 382 g/mol. The molecule has 0 radical (unpaired) electrons. The molecule has 4 rings (SSSR count). The summed E-state index contributed by atoms with van der Waals surface area (Å²) in [4.78, 5) is 24.4. The van der Waals surface area contributed by atoms with E-state index in [2.05, 4.69) is 23.5 Å². The second-order valence-corrected chi connectivity index (χ2v) is 7.80. The lowest BCUT2D eigenvalue weighted by atomic mass is 9.89. The van der Waals surface area contributed by atoms with Gasteiger partial charge in [-0.05, 0) is 61.4 Å². The SMILES string of the molecule is C[C@@H](NC(=O)COC(=O)Cc1coc2cc(O)ccc12)c1ccc2c(c1)CCCC2. The van der Waals surface area contributed by atoms with Crippen molar-refractivity contribution in [2.24, 2.45) is 0 Å². The number of fused-ring (bicyclic) bond motifs is 2. The van der Waals surface area contributed by atoms with E-state index in [1.54, 1.807) is 6.07 Å². The molecule has 0 saturated heterocycles. The Balaban J connectivity index is 1.29. The molecule has 1 aromatic heterocycles. The number of carbonyl (C=O) groups is 2. The third kappa shape index (κ3) is 4.48. The van der Waals surface area contributed by atoms with Crippen molar-refractivity contribution >= 4 is 22.8 Å². The number of phenolic OH excluding ortho intramolecular Hbond substituents is 1. The Morgan fingerprint density at radius 2 is 1.93 bits per heavy atom. The maximum Gasteiger partial charge on any atom is 0.310 e. The van der Waals surface area contributed by atoms with Crippen LogP contribution in [0.3, 0.4) is 0 Å². The minimum atomic E-state index is -0.512. The Kier molecular flexibility index (Phi) is 5.74. The molecule has 0 saturated carbocycles. The van der Waals surface area contributed by atoms with Gasteiger partial charge in [0.15, 0.2) is 6.61 Å². The number of nitrogens with one attached hydrogen (secondary N) is 1. The maximum absolute atomic E-state index is 12.2. The molecular formula is C24H25NO5. The quantitative estimate of drug-likeness (QED) is 0.604. The summed E-state index contributed by atoms with van der Waals surface area (Å²) in [5.41, 5.74) is 4.97. The van der Waals surface area contributed by atoms with Crippen LogP contribution >= 0.6 is 0 Å². The highest BCUT2D eigenvalue weighted by Crippen LogP contribution is 2.26. The Morgan fingerprint density at radius 3 is 2.77 bits per heavy atom. The number of hydrogen-bond donors (Lipinski definition) is 2. The molecule has 30 heavy (non-hydrogen) atoms. The molecule has 6 nitrogen and oxygen atoms in total. The molecule has 2 N–H and O–H groups in total. The summed E-state index contributed by atoms with van der Waals surface area (Å²) in [5, 5.41) is 13.1. The second kappa shape index (κ2) is 8.61. The number of benzene rings is 2. The molecule has 0 fully saturated rings. The van der Waals surface area contributed by atoms with Gasteiger partial charge in [0, 0.05) is 17.0 Å². The second-order valence-electron chi connectivity index (χ2n) is 7.80. The molecule has 3 aromatic rings. The van der Waals surface area contributed by atoms with Crippen molar-refractivity contribution in [3.05, 3.63) is 64.9 Å². The van der Waals surface area contributed by atoms with Gasteiger partial charge in [0.05, 0.1) is 18.7 Å². The van der Waals surface area contributed by atoms with Gasteiger partial charge in [-0.25, -0.2) is 0 Å². The van der Waals surface area contributed by atoms with Crippen molar-refractivity contribution in [1.82, 2.24) is 5.32 Å². The van der Waals surface area contributed by atoms with Crippen LogP contribution in [-0.2, 0) is 33.6 Å². The van der Waals surface area contributed by atoms with Gasteiger partial charge in [-0.15, -0.1) is 0 Å². The summed E-state index contributed by atoms with van der Waals surface area (Å²) >= 11 is 0. The molecule has 0 spiro atoms. The lowest BCUT2D eigenvalue weighted by molar-refractivity contribution is -0.148. The van der Waals surface area contributed by atoms with E-state index in [-0.39, 0.29) is 30.7 Å². The Labute approximate surface area is 174 Å². The third-order valence-electron chi connectivity index (χ3n) is 5.59. The maximum atomic E-state index is 12.2. The number of furan rings is 1. The fraction of sp³-hybridized carbons (Fsp3) is 0.333. The fourth-order valence-corrected chi connectivity index (χ4v) is 3.95. The van der Waals surface area contributed by atoms with Gasteiger partial charge < -0.3 is 19.6 Å². The zero-order valence-corrected chi connectivity index (χ0v) is 16.9. The number of hydrogen-bond acceptors (Lipinski definition) is 5. The summed E-state index contributed by atoms with van der Waals surface area (Å²) in [6.07, 6.45) is 6.11. The van der Waals surface area contributed by atoms with Gasteiger partial charge in [-0.1, -0.05) is 18.2 Å². The van der Waals surface area contributed by atoms with Gasteiger partial charge in [0.1, 0.15) is 11.3 Å². The summed E-state index contributed by atoms with van der Waals surface area (Å²) in [7, 11) is 0. The zero-order chi connectivity index (χ0) is 21.1. The molecule has 1 aliphatic carbocycles. The Morgan fingerprint density at radius 1 is 1.13 bits per heavy atom. The zero-order valence-electron chi connectivity index (χ0n) is 16.9. The molecule has 0 bridgehead atoms. The lowest BCUT2D eigenvalue weighted by Crippen LogP contribution is -2.31. The summed E-state index contributed by atoms with van der Waals surface area (Å²) in [6.45, 7) is 1.60. The van der Waals surface area contributed by atoms with Gasteiger partial charge in [0.2, 0.25) is 0 Å². The van der Waals surface area contributed by atoms with Crippen LogP contribution in [0.4, 0.5) is 0 Å². The van der Waals surface area contributed by atoms with Crippen LogP contribution in [0.25, 0.3) is 11.0 Å².